The van der Waals surface area contributed by atoms with Gasteiger partial charge < -0.3 is 4.74 Å². The zero-order valence-electron chi connectivity index (χ0n) is 7.28. The second kappa shape index (κ2) is 4.75. The molecule has 0 heterocycles. The minimum atomic E-state index is -3.11. The maximum atomic E-state index is 12.9. The molecule has 5 nitrogen and oxygen atoms in total. The molecule has 0 aliphatic rings. The number of halogens is 3. The van der Waals surface area contributed by atoms with Gasteiger partial charge in [0.1, 0.15) is 5.82 Å². The zero-order valence-corrected chi connectivity index (χ0v) is 8.09. The number of nitrogens with zero attached hydrogens (tertiary/aromatic N) is 1. The van der Waals surface area contributed by atoms with Gasteiger partial charge in [0.15, 0.2) is 11.6 Å². The SMILES string of the molecule is O=C(N=S(=O)=O)Oc1c(F)cc(F)cc1F. The standard InChI is InChI=1S/C7H2F3NO4S/c8-3-1-4(9)6(5(10)2-3)15-7(12)11-16(13)14/h1-2H. The first kappa shape index (κ1) is 12.2. The van der Waals surface area contributed by atoms with E-state index in [2.05, 4.69) is 9.10 Å². The van der Waals surface area contributed by atoms with Gasteiger partial charge >= 0.3 is 16.6 Å². The van der Waals surface area contributed by atoms with E-state index in [0.717, 1.165) is 0 Å². The van der Waals surface area contributed by atoms with Crippen LogP contribution in [0.4, 0.5) is 18.0 Å². The number of hydrogen-bond donors (Lipinski definition) is 0. The Balaban J connectivity index is 3.07. The first-order valence-electron chi connectivity index (χ1n) is 3.57. The smallest absolute Gasteiger partial charge is 0.402 e. The van der Waals surface area contributed by atoms with E-state index < -0.39 is 39.8 Å². The van der Waals surface area contributed by atoms with Gasteiger partial charge in [-0.05, 0) is 0 Å². The average molecular weight is 253 g/mol. The topological polar surface area (TPSA) is 72.8 Å². The maximum absolute atomic E-state index is 12.9. The molecule has 0 aliphatic carbocycles. The first-order valence-corrected chi connectivity index (χ1v) is 4.61. The Hall–Kier alpha value is -1.90. The van der Waals surface area contributed by atoms with Crippen molar-refractivity contribution in [2.75, 3.05) is 0 Å². The molecule has 0 aromatic heterocycles. The molecule has 0 aliphatic heterocycles. The summed E-state index contributed by atoms with van der Waals surface area (Å²) >= 11 is 0. The van der Waals surface area contributed by atoms with Crippen molar-refractivity contribution < 1.29 is 31.1 Å². The molecule has 0 bridgehead atoms. The molecule has 1 aromatic carbocycles. The van der Waals surface area contributed by atoms with Crippen molar-refractivity contribution in [1.82, 2.24) is 0 Å². The fourth-order valence-corrected chi connectivity index (χ4v) is 0.952. The molecule has 0 N–H and O–H groups in total. The van der Waals surface area contributed by atoms with Crippen LogP contribution in [0.15, 0.2) is 16.5 Å². The lowest BCUT2D eigenvalue weighted by atomic mass is 10.3. The molecular formula is C7H2F3NO4S. The largest absolute Gasteiger partial charge is 0.454 e. The molecule has 1 rings (SSSR count). The van der Waals surface area contributed by atoms with E-state index in [1.165, 1.54) is 0 Å². The number of carbonyl (C=O) groups excluding carboxylic acids is 1. The van der Waals surface area contributed by atoms with Gasteiger partial charge in [0, 0.05) is 12.1 Å². The third-order valence-electron chi connectivity index (χ3n) is 1.30. The van der Waals surface area contributed by atoms with Gasteiger partial charge in [-0.1, -0.05) is 4.36 Å². The minimum Gasteiger partial charge on any atom is -0.402 e. The Kier molecular flexibility index (Phi) is 3.61. The zero-order chi connectivity index (χ0) is 12.3. The fourth-order valence-electron chi connectivity index (χ4n) is 0.793. The Morgan fingerprint density at radius 1 is 1.19 bits per heavy atom. The van der Waals surface area contributed by atoms with Gasteiger partial charge in [0.2, 0.25) is 5.75 Å². The third kappa shape index (κ3) is 3.05. The molecule has 0 saturated carbocycles. The molecule has 0 spiro atoms. The molecule has 0 saturated heterocycles. The van der Waals surface area contributed by atoms with Gasteiger partial charge in [-0.3, -0.25) is 0 Å². The summed E-state index contributed by atoms with van der Waals surface area (Å²) in [5.41, 5.74) is 0. The number of hydrogen-bond acceptors (Lipinski definition) is 4. The number of amides is 1. The minimum absolute atomic E-state index is 0.264. The van der Waals surface area contributed by atoms with Crippen LogP contribution in [0.1, 0.15) is 0 Å². The van der Waals surface area contributed by atoms with Crippen molar-refractivity contribution in [2.24, 2.45) is 4.36 Å². The molecule has 0 fully saturated rings. The highest BCUT2D eigenvalue weighted by Gasteiger charge is 2.16. The van der Waals surface area contributed by atoms with Crippen molar-refractivity contribution in [3.05, 3.63) is 29.6 Å². The quantitative estimate of drug-likeness (QED) is 0.763. The van der Waals surface area contributed by atoms with Crippen LogP contribution >= 0.6 is 0 Å². The molecule has 0 radical (unpaired) electrons. The van der Waals surface area contributed by atoms with E-state index in [1.54, 1.807) is 0 Å². The van der Waals surface area contributed by atoms with E-state index in [-0.39, 0.29) is 12.1 Å². The van der Waals surface area contributed by atoms with Gasteiger partial charge in [-0.25, -0.2) is 18.0 Å². The van der Waals surface area contributed by atoms with Crippen LogP contribution in [0.2, 0.25) is 0 Å². The molecule has 86 valence electrons. The van der Waals surface area contributed by atoms with Crippen LogP contribution < -0.4 is 4.74 Å². The second-order valence-corrected chi connectivity index (χ2v) is 2.99. The third-order valence-corrected chi connectivity index (χ3v) is 1.60. The molecule has 9 heteroatoms. The number of carbonyl (C=O) groups is 1. The first-order chi connectivity index (χ1) is 7.40. The van der Waals surface area contributed by atoms with Crippen molar-refractivity contribution in [3.63, 3.8) is 0 Å². The van der Waals surface area contributed by atoms with Crippen LogP contribution in [0, 0.1) is 17.5 Å². The van der Waals surface area contributed by atoms with E-state index in [4.69, 9.17) is 0 Å². The van der Waals surface area contributed by atoms with Gasteiger partial charge in [0.25, 0.3) is 0 Å². The van der Waals surface area contributed by atoms with Crippen LogP contribution in [0.3, 0.4) is 0 Å². The van der Waals surface area contributed by atoms with Gasteiger partial charge in [-0.2, -0.15) is 8.42 Å². The fraction of sp³-hybridized carbons (Fsp3) is 0. The Bertz CT molecular complexity index is 538. The van der Waals surface area contributed by atoms with Gasteiger partial charge in [0.05, 0.1) is 0 Å². The van der Waals surface area contributed by atoms with E-state index >= 15 is 0 Å². The summed E-state index contributed by atoms with van der Waals surface area (Å²) in [6.07, 6.45) is -1.74. The predicted molar refractivity (Wildman–Crippen MR) is 43.7 cm³/mol. The second-order valence-electron chi connectivity index (χ2n) is 2.37. The molecular weight excluding hydrogens is 251 g/mol. The molecule has 1 amide bonds. The van der Waals surface area contributed by atoms with Crippen molar-refractivity contribution in [2.45, 2.75) is 0 Å². The molecule has 1 aromatic rings. The monoisotopic (exact) mass is 253 g/mol. The highest BCUT2D eigenvalue weighted by atomic mass is 32.2. The highest BCUT2D eigenvalue weighted by Crippen LogP contribution is 2.22. The van der Waals surface area contributed by atoms with Crippen LogP contribution in [-0.4, -0.2) is 14.5 Å². The predicted octanol–water partition coefficient (Wildman–Crippen LogP) is 1.67. The summed E-state index contributed by atoms with van der Waals surface area (Å²) in [6.45, 7) is 0. The van der Waals surface area contributed by atoms with Crippen LogP contribution in [-0.2, 0) is 10.5 Å². The summed E-state index contributed by atoms with van der Waals surface area (Å²) in [4.78, 5) is 10.6. The number of benzene rings is 1. The Morgan fingerprint density at radius 3 is 2.12 bits per heavy atom. The number of rotatable bonds is 1. The molecule has 0 unspecified atom stereocenters. The lowest BCUT2D eigenvalue weighted by Crippen LogP contribution is -2.05. The molecule has 16 heavy (non-hydrogen) atoms. The summed E-state index contributed by atoms with van der Waals surface area (Å²) in [7, 11) is -3.11. The van der Waals surface area contributed by atoms with Crippen LogP contribution in [0.25, 0.3) is 0 Å². The number of ether oxygens (including phenoxy) is 1. The Morgan fingerprint density at radius 2 is 1.69 bits per heavy atom. The normalized spacial score (nSPS) is 9.69. The van der Waals surface area contributed by atoms with Crippen molar-refractivity contribution >= 4 is 16.6 Å². The van der Waals surface area contributed by atoms with Crippen molar-refractivity contribution in [3.8, 4) is 5.75 Å². The summed E-state index contributed by atoms with van der Waals surface area (Å²) < 4.78 is 64.2. The highest BCUT2D eigenvalue weighted by molar-refractivity contribution is 7.62. The maximum Gasteiger partial charge on any atom is 0.454 e. The summed E-state index contributed by atoms with van der Waals surface area (Å²) in [5.74, 6) is -5.41. The average Bonchev–Trinajstić information content (AvgIpc) is 2.09. The van der Waals surface area contributed by atoms with Gasteiger partial charge in [-0.15, -0.1) is 0 Å². The summed E-state index contributed by atoms with van der Waals surface area (Å²) in [6, 6.07) is 0.527. The molecule has 0 atom stereocenters. The van der Waals surface area contributed by atoms with E-state index in [9.17, 15) is 26.4 Å². The lowest BCUT2D eigenvalue weighted by molar-refractivity contribution is 0.207. The van der Waals surface area contributed by atoms with Crippen LogP contribution in [0.5, 0.6) is 5.75 Å². The van der Waals surface area contributed by atoms with Crippen molar-refractivity contribution in [1.29, 1.82) is 0 Å². The van der Waals surface area contributed by atoms with E-state index in [1.807, 2.05) is 0 Å². The van der Waals surface area contributed by atoms with E-state index in [0.29, 0.717) is 0 Å². The Labute approximate surface area is 88.2 Å². The lowest BCUT2D eigenvalue weighted by Gasteiger charge is -2.02. The summed E-state index contributed by atoms with van der Waals surface area (Å²) in [5, 5.41) is 0.